The highest BCUT2D eigenvalue weighted by atomic mass is 32.2. The van der Waals surface area contributed by atoms with Gasteiger partial charge in [0.15, 0.2) is 11.6 Å². The fourth-order valence-electron chi connectivity index (χ4n) is 1.82. The Labute approximate surface area is 145 Å². The molecule has 2 aromatic rings. The Hall–Kier alpha value is -2.45. The average Bonchev–Trinajstić information content (AvgIpc) is 2.60. The van der Waals surface area contributed by atoms with E-state index in [1.54, 1.807) is 30.0 Å². The van der Waals surface area contributed by atoms with E-state index < -0.39 is 5.82 Å². The molecular weight excluding hydrogens is 325 g/mol. The highest BCUT2D eigenvalue weighted by Gasteiger charge is 2.01. The first-order valence-corrected chi connectivity index (χ1v) is 8.62. The van der Waals surface area contributed by atoms with Crippen LogP contribution in [0, 0.1) is 17.7 Å². The maximum atomic E-state index is 13.3. The molecule has 0 unspecified atom stereocenters. The first-order chi connectivity index (χ1) is 11.8. The Morgan fingerprint density at radius 3 is 2.62 bits per heavy atom. The average molecular weight is 343 g/mol. The van der Waals surface area contributed by atoms with Crippen molar-refractivity contribution in [3.8, 4) is 17.6 Å². The number of hydrogen-bond donors (Lipinski definition) is 1. The standard InChI is InChI=1S/C19H18FNO2S/c20-17-10-4-5-11-18(17)23-13-7-6-12-21-19(22)15-24-14-16-8-2-1-3-9-16/h1-5,8-11H,12-15H2,(H,21,22). The zero-order chi connectivity index (χ0) is 17.0. The second-order valence-electron chi connectivity index (χ2n) is 4.83. The van der Waals surface area contributed by atoms with Crippen LogP contribution in [0.5, 0.6) is 5.75 Å². The van der Waals surface area contributed by atoms with E-state index in [9.17, 15) is 9.18 Å². The number of para-hydroxylation sites is 1. The van der Waals surface area contributed by atoms with Crippen LogP contribution in [0.2, 0.25) is 0 Å². The molecule has 0 saturated carbocycles. The Balaban J connectivity index is 1.57. The molecule has 124 valence electrons. The Bertz CT molecular complexity index is 710. The summed E-state index contributed by atoms with van der Waals surface area (Å²) in [5.41, 5.74) is 1.19. The van der Waals surface area contributed by atoms with Gasteiger partial charge in [0.1, 0.15) is 6.61 Å². The Kier molecular flexibility index (Phi) is 7.72. The summed E-state index contributed by atoms with van der Waals surface area (Å²) >= 11 is 1.56. The van der Waals surface area contributed by atoms with Gasteiger partial charge in [0.2, 0.25) is 5.91 Å². The first kappa shape index (κ1) is 17.9. The zero-order valence-electron chi connectivity index (χ0n) is 13.1. The number of thioether (sulfide) groups is 1. The lowest BCUT2D eigenvalue weighted by atomic mass is 10.2. The van der Waals surface area contributed by atoms with Crippen molar-refractivity contribution in [2.24, 2.45) is 0 Å². The molecule has 0 saturated heterocycles. The van der Waals surface area contributed by atoms with Crippen LogP contribution < -0.4 is 10.1 Å². The summed E-state index contributed by atoms with van der Waals surface area (Å²) in [5, 5.41) is 2.72. The number of amides is 1. The van der Waals surface area contributed by atoms with Crippen molar-refractivity contribution in [2.45, 2.75) is 5.75 Å². The van der Waals surface area contributed by atoms with E-state index in [1.807, 2.05) is 30.3 Å². The van der Waals surface area contributed by atoms with Crippen LogP contribution in [0.1, 0.15) is 5.56 Å². The lowest BCUT2D eigenvalue weighted by Gasteiger charge is -2.03. The molecule has 3 nitrogen and oxygen atoms in total. The number of hydrogen-bond acceptors (Lipinski definition) is 3. The number of nitrogens with one attached hydrogen (secondary N) is 1. The Morgan fingerprint density at radius 1 is 1.08 bits per heavy atom. The van der Waals surface area contributed by atoms with E-state index in [2.05, 4.69) is 17.2 Å². The molecule has 0 fully saturated rings. The molecule has 0 radical (unpaired) electrons. The van der Waals surface area contributed by atoms with Gasteiger partial charge in [-0.1, -0.05) is 54.3 Å². The van der Waals surface area contributed by atoms with Crippen LogP contribution in [0.15, 0.2) is 54.6 Å². The van der Waals surface area contributed by atoms with Crippen molar-refractivity contribution in [2.75, 3.05) is 18.9 Å². The number of carbonyl (C=O) groups excluding carboxylic acids is 1. The van der Waals surface area contributed by atoms with Crippen molar-refractivity contribution in [3.05, 3.63) is 66.0 Å². The van der Waals surface area contributed by atoms with Gasteiger partial charge in [-0.25, -0.2) is 4.39 Å². The fourth-order valence-corrected chi connectivity index (χ4v) is 2.64. The maximum absolute atomic E-state index is 13.3. The summed E-state index contributed by atoms with van der Waals surface area (Å²) in [6.07, 6.45) is 0. The van der Waals surface area contributed by atoms with E-state index in [0.29, 0.717) is 5.75 Å². The van der Waals surface area contributed by atoms with Gasteiger partial charge in [-0.3, -0.25) is 4.79 Å². The van der Waals surface area contributed by atoms with Gasteiger partial charge in [-0.2, -0.15) is 0 Å². The van der Waals surface area contributed by atoms with Crippen LogP contribution >= 0.6 is 11.8 Å². The van der Waals surface area contributed by atoms with E-state index in [0.717, 1.165) is 5.75 Å². The van der Waals surface area contributed by atoms with Gasteiger partial charge in [0.25, 0.3) is 0 Å². The summed E-state index contributed by atoms with van der Waals surface area (Å²) in [5.74, 6) is 6.41. The molecule has 0 aromatic heterocycles. The van der Waals surface area contributed by atoms with E-state index in [4.69, 9.17) is 4.74 Å². The molecule has 0 aliphatic rings. The van der Waals surface area contributed by atoms with Crippen LogP contribution in [-0.4, -0.2) is 24.8 Å². The van der Waals surface area contributed by atoms with Crippen LogP contribution in [0.25, 0.3) is 0 Å². The summed E-state index contributed by atoms with van der Waals surface area (Å²) in [6.45, 7) is 0.338. The summed E-state index contributed by atoms with van der Waals surface area (Å²) in [7, 11) is 0. The molecule has 0 heterocycles. The number of halogens is 1. The molecule has 1 amide bonds. The lowest BCUT2D eigenvalue weighted by Crippen LogP contribution is -2.25. The van der Waals surface area contributed by atoms with Crippen molar-refractivity contribution in [1.82, 2.24) is 5.32 Å². The van der Waals surface area contributed by atoms with Gasteiger partial charge in [0.05, 0.1) is 12.3 Å². The smallest absolute Gasteiger partial charge is 0.230 e. The fraction of sp³-hybridized carbons (Fsp3) is 0.211. The molecule has 1 N–H and O–H groups in total. The van der Waals surface area contributed by atoms with E-state index in [1.165, 1.54) is 11.6 Å². The number of carbonyl (C=O) groups is 1. The first-order valence-electron chi connectivity index (χ1n) is 7.47. The monoisotopic (exact) mass is 343 g/mol. The molecule has 24 heavy (non-hydrogen) atoms. The molecule has 0 aliphatic heterocycles. The number of benzene rings is 2. The van der Waals surface area contributed by atoms with Crippen molar-refractivity contribution < 1.29 is 13.9 Å². The van der Waals surface area contributed by atoms with Gasteiger partial charge < -0.3 is 10.1 Å². The SMILES string of the molecule is O=C(CSCc1ccccc1)NCC#CCOc1ccccc1F. The van der Waals surface area contributed by atoms with Crippen molar-refractivity contribution >= 4 is 17.7 Å². The predicted octanol–water partition coefficient (Wildman–Crippen LogP) is 3.26. The third kappa shape index (κ3) is 6.76. The predicted molar refractivity (Wildman–Crippen MR) is 95.3 cm³/mol. The van der Waals surface area contributed by atoms with Gasteiger partial charge in [-0.05, 0) is 17.7 Å². The van der Waals surface area contributed by atoms with Crippen molar-refractivity contribution in [1.29, 1.82) is 0 Å². The zero-order valence-corrected chi connectivity index (χ0v) is 13.9. The maximum Gasteiger partial charge on any atom is 0.230 e. The molecule has 2 rings (SSSR count). The third-order valence-electron chi connectivity index (χ3n) is 2.98. The molecule has 0 bridgehead atoms. The summed E-state index contributed by atoms with van der Waals surface area (Å²) < 4.78 is 18.5. The Morgan fingerprint density at radius 2 is 1.83 bits per heavy atom. The molecule has 0 atom stereocenters. The molecule has 0 aliphatic carbocycles. The summed E-state index contributed by atoms with van der Waals surface area (Å²) in [6, 6.07) is 16.2. The quantitative estimate of drug-likeness (QED) is 0.784. The number of rotatable bonds is 7. The van der Waals surface area contributed by atoms with Gasteiger partial charge in [-0.15, -0.1) is 11.8 Å². The van der Waals surface area contributed by atoms with Crippen LogP contribution in [0.4, 0.5) is 4.39 Å². The molecule has 0 spiro atoms. The van der Waals surface area contributed by atoms with Crippen LogP contribution in [0.3, 0.4) is 0 Å². The molecule has 2 aromatic carbocycles. The second kappa shape index (κ2) is 10.3. The van der Waals surface area contributed by atoms with Crippen LogP contribution in [-0.2, 0) is 10.5 Å². The second-order valence-corrected chi connectivity index (χ2v) is 5.81. The lowest BCUT2D eigenvalue weighted by molar-refractivity contribution is -0.118. The highest BCUT2D eigenvalue weighted by molar-refractivity contribution is 7.99. The highest BCUT2D eigenvalue weighted by Crippen LogP contribution is 2.14. The van der Waals surface area contributed by atoms with Crippen molar-refractivity contribution in [3.63, 3.8) is 0 Å². The van der Waals surface area contributed by atoms with Gasteiger partial charge >= 0.3 is 0 Å². The molecular formula is C19H18FNO2S. The minimum absolute atomic E-state index is 0.0553. The topological polar surface area (TPSA) is 38.3 Å². The summed E-state index contributed by atoms with van der Waals surface area (Å²) in [4.78, 5) is 11.7. The largest absolute Gasteiger partial charge is 0.478 e. The van der Waals surface area contributed by atoms with E-state index in [-0.39, 0.29) is 24.8 Å². The molecule has 5 heteroatoms. The van der Waals surface area contributed by atoms with Gasteiger partial charge in [0, 0.05) is 5.75 Å². The minimum Gasteiger partial charge on any atom is -0.478 e. The van der Waals surface area contributed by atoms with E-state index >= 15 is 0 Å². The number of ether oxygens (including phenoxy) is 1. The minimum atomic E-state index is -0.414. The normalized spacial score (nSPS) is 9.71. The third-order valence-corrected chi connectivity index (χ3v) is 3.98.